The molecular formula is C25H31N3O4. The molecule has 2 aromatic carbocycles. The molecule has 170 valence electrons. The van der Waals surface area contributed by atoms with Crippen LogP contribution in [0.5, 0.6) is 5.75 Å². The van der Waals surface area contributed by atoms with E-state index in [1.54, 1.807) is 24.1 Å². The van der Waals surface area contributed by atoms with Crippen LogP contribution in [0.1, 0.15) is 44.2 Å². The minimum Gasteiger partial charge on any atom is -0.483 e. The van der Waals surface area contributed by atoms with Gasteiger partial charge in [0.05, 0.1) is 17.9 Å². The van der Waals surface area contributed by atoms with Gasteiger partial charge in [-0.15, -0.1) is 0 Å². The molecule has 0 aromatic heterocycles. The average molecular weight is 438 g/mol. The van der Waals surface area contributed by atoms with Crippen molar-refractivity contribution in [3.8, 4) is 5.75 Å². The standard InChI is InChI=1S/C25H31N3O4/c1-16(2)19-11-10-17(3)12-22(19)32-15-25(31)27(5)14-24(30)28-18(4)13-23(29)26-20-8-6-7-9-21(20)28/h6-12,16,18H,13-15H2,1-5H3,(H,26,29)/t18-/m0/s1. The molecule has 1 heterocycles. The topological polar surface area (TPSA) is 79.0 Å². The Morgan fingerprint density at radius 2 is 1.94 bits per heavy atom. The van der Waals surface area contributed by atoms with Gasteiger partial charge in [-0.3, -0.25) is 14.4 Å². The molecule has 1 aliphatic rings. The summed E-state index contributed by atoms with van der Waals surface area (Å²) in [5.74, 6) is 0.265. The number of fused-ring (bicyclic) bond motifs is 1. The van der Waals surface area contributed by atoms with E-state index in [2.05, 4.69) is 19.2 Å². The fourth-order valence-electron chi connectivity index (χ4n) is 3.83. The van der Waals surface area contributed by atoms with Gasteiger partial charge < -0.3 is 19.9 Å². The Morgan fingerprint density at radius 1 is 1.22 bits per heavy atom. The van der Waals surface area contributed by atoms with Gasteiger partial charge >= 0.3 is 0 Å². The summed E-state index contributed by atoms with van der Waals surface area (Å²) in [7, 11) is 1.58. The second-order valence-corrected chi connectivity index (χ2v) is 8.62. The Balaban J connectivity index is 1.69. The zero-order chi connectivity index (χ0) is 23.4. The number of benzene rings is 2. The van der Waals surface area contributed by atoms with Crippen LogP contribution in [0.15, 0.2) is 42.5 Å². The Kier molecular flexibility index (Phi) is 7.18. The van der Waals surface area contributed by atoms with Crippen molar-refractivity contribution in [2.75, 3.05) is 30.4 Å². The van der Waals surface area contributed by atoms with Crippen molar-refractivity contribution in [3.63, 3.8) is 0 Å². The smallest absolute Gasteiger partial charge is 0.260 e. The molecule has 0 fully saturated rings. The summed E-state index contributed by atoms with van der Waals surface area (Å²) in [6.45, 7) is 7.69. The molecule has 1 aliphatic heterocycles. The van der Waals surface area contributed by atoms with Gasteiger partial charge in [-0.05, 0) is 49.1 Å². The van der Waals surface area contributed by atoms with Crippen molar-refractivity contribution in [1.29, 1.82) is 0 Å². The number of rotatable bonds is 6. The summed E-state index contributed by atoms with van der Waals surface area (Å²) in [6.07, 6.45) is 0.187. The van der Waals surface area contributed by atoms with Crippen LogP contribution in [0.3, 0.4) is 0 Å². The van der Waals surface area contributed by atoms with Crippen LogP contribution in [0.25, 0.3) is 0 Å². The first-order chi connectivity index (χ1) is 15.2. The summed E-state index contributed by atoms with van der Waals surface area (Å²) < 4.78 is 5.83. The summed E-state index contributed by atoms with van der Waals surface area (Å²) in [5.41, 5.74) is 3.31. The lowest BCUT2D eigenvalue weighted by atomic mass is 10.0. The maximum atomic E-state index is 13.2. The van der Waals surface area contributed by atoms with Gasteiger partial charge in [0.25, 0.3) is 5.91 Å². The molecule has 7 heteroatoms. The summed E-state index contributed by atoms with van der Waals surface area (Å²) in [6, 6.07) is 12.8. The number of aryl methyl sites for hydroxylation is 1. The molecular weight excluding hydrogens is 406 g/mol. The van der Waals surface area contributed by atoms with Crippen molar-refractivity contribution in [3.05, 3.63) is 53.6 Å². The van der Waals surface area contributed by atoms with Gasteiger partial charge in [0, 0.05) is 19.5 Å². The normalized spacial score (nSPS) is 15.6. The van der Waals surface area contributed by atoms with Crippen molar-refractivity contribution < 1.29 is 19.1 Å². The fourth-order valence-corrected chi connectivity index (χ4v) is 3.83. The van der Waals surface area contributed by atoms with E-state index in [0.29, 0.717) is 17.1 Å². The van der Waals surface area contributed by atoms with Crippen LogP contribution in [0.2, 0.25) is 0 Å². The molecule has 0 saturated heterocycles. The number of likely N-dealkylation sites (N-methyl/N-ethyl adjacent to an activating group) is 1. The number of hydrogen-bond acceptors (Lipinski definition) is 4. The molecule has 7 nitrogen and oxygen atoms in total. The van der Waals surface area contributed by atoms with Crippen LogP contribution < -0.4 is 15.0 Å². The third kappa shape index (κ3) is 5.28. The number of carbonyl (C=O) groups is 3. The van der Waals surface area contributed by atoms with E-state index in [1.165, 1.54) is 4.90 Å². The highest BCUT2D eigenvalue weighted by Gasteiger charge is 2.30. The average Bonchev–Trinajstić information content (AvgIpc) is 2.85. The van der Waals surface area contributed by atoms with Crippen molar-refractivity contribution >= 4 is 29.1 Å². The van der Waals surface area contributed by atoms with Crippen LogP contribution in [-0.2, 0) is 14.4 Å². The number of amides is 3. The van der Waals surface area contributed by atoms with Crippen LogP contribution in [-0.4, -0.2) is 48.9 Å². The highest BCUT2D eigenvalue weighted by Crippen LogP contribution is 2.31. The van der Waals surface area contributed by atoms with Crippen molar-refractivity contribution in [2.24, 2.45) is 0 Å². The third-order valence-electron chi connectivity index (χ3n) is 5.57. The first-order valence-electron chi connectivity index (χ1n) is 10.9. The SMILES string of the molecule is Cc1ccc(C(C)C)c(OCC(=O)N(C)CC(=O)N2c3ccccc3NC(=O)C[C@@H]2C)c1. The molecule has 0 radical (unpaired) electrons. The summed E-state index contributed by atoms with van der Waals surface area (Å²) in [5, 5.41) is 2.84. The van der Waals surface area contributed by atoms with E-state index < -0.39 is 0 Å². The number of anilines is 2. The molecule has 32 heavy (non-hydrogen) atoms. The number of ether oxygens (including phenoxy) is 1. The van der Waals surface area contributed by atoms with Gasteiger partial charge in [0.1, 0.15) is 5.75 Å². The first-order valence-corrected chi connectivity index (χ1v) is 10.9. The molecule has 0 unspecified atom stereocenters. The van der Waals surface area contributed by atoms with Gasteiger partial charge in [0.15, 0.2) is 6.61 Å². The van der Waals surface area contributed by atoms with Crippen molar-refractivity contribution in [2.45, 2.75) is 46.1 Å². The minimum atomic E-state index is -0.327. The lowest BCUT2D eigenvalue weighted by Crippen LogP contribution is -2.46. The molecule has 1 N–H and O–H groups in total. The molecule has 3 amide bonds. The molecule has 3 rings (SSSR count). The quantitative estimate of drug-likeness (QED) is 0.747. The second kappa shape index (κ2) is 9.85. The Labute approximate surface area is 189 Å². The van der Waals surface area contributed by atoms with E-state index in [9.17, 15) is 14.4 Å². The largest absolute Gasteiger partial charge is 0.483 e. The monoisotopic (exact) mass is 437 g/mol. The predicted octanol–water partition coefficient (Wildman–Crippen LogP) is 3.72. The summed E-state index contributed by atoms with van der Waals surface area (Å²) >= 11 is 0. The van der Waals surface area contributed by atoms with E-state index in [0.717, 1.165) is 11.1 Å². The van der Waals surface area contributed by atoms with Crippen LogP contribution in [0.4, 0.5) is 11.4 Å². The van der Waals surface area contributed by atoms with E-state index in [-0.39, 0.29) is 49.3 Å². The Hall–Kier alpha value is -3.35. The van der Waals surface area contributed by atoms with E-state index in [1.807, 2.05) is 44.2 Å². The van der Waals surface area contributed by atoms with Crippen LogP contribution >= 0.6 is 0 Å². The lowest BCUT2D eigenvalue weighted by molar-refractivity contribution is -0.135. The van der Waals surface area contributed by atoms with E-state index in [4.69, 9.17) is 4.74 Å². The second-order valence-electron chi connectivity index (χ2n) is 8.62. The van der Waals surface area contributed by atoms with Gasteiger partial charge in [0.2, 0.25) is 11.8 Å². The molecule has 0 bridgehead atoms. The molecule has 1 atom stereocenters. The Bertz CT molecular complexity index is 1020. The van der Waals surface area contributed by atoms with Gasteiger partial charge in [-0.2, -0.15) is 0 Å². The number of para-hydroxylation sites is 2. The van der Waals surface area contributed by atoms with Gasteiger partial charge in [-0.25, -0.2) is 0 Å². The number of nitrogens with zero attached hydrogens (tertiary/aromatic N) is 2. The molecule has 0 aliphatic carbocycles. The number of hydrogen-bond donors (Lipinski definition) is 1. The van der Waals surface area contributed by atoms with Crippen LogP contribution in [0, 0.1) is 6.92 Å². The zero-order valence-electron chi connectivity index (χ0n) is 19.3. The minimum absolute atomic E-state index is 0.111. The van der Waals surface area contributed by atoms with Crippen molar-refractivity contribution in [1.82, 2.24) is 4.90 Å². The Morgan fingerprint density at radius 3 is 2.66 bits per heavy atom. The maximum absolute atomic E-state index is 13.2. The third-order valence-corrected chi connectivity index (χ3v) is 5.57. The fraction of sp³-hybridized carbons (Fsp3) is 0.400. The highest BCUT2D eigenvalue weighted by atomic mass is 16.5. The maximum Gasteiger partial charge on any atom is 0.260 e. The predicted molar refractivity (Wildman–Crippen MR) is 125 cm³/mol. The zero-order valence-corrected chi connectivity index (χ0v) is 19.3. The number of nitrogens with one attached hydrogen (secondary N) is 1. The molecule has 0 spiro atoms. The lowest BCUT2D eigenvalue weighted by Gasteiger charge is -2.29. The first kappa shape index (κ1) is 23.3. The summed E-state index contributed by atoms with van der Waals surface area (Å²) in [4.78, 5) is 41.0. The van der Waals surface area contributed by atoms with E-state index >= 15 is 0 Å². The number of carbonyl (C=O) groups excluding carboxylic acids is 3. The molecule has 0 saturated carbocycles. The molecule has 2 aromatic rings. The van der Waals surface area contributed by atoms with Gasteiger partial charge in [-0.1, -0.05) is 38.1 Å². The highest BCUT2D eigenvalue weighted by molar-refractivity contribution is 6.05.